The number of likely N-dealkylation sites (N-methyl/N-ethyl adjacent to an activating group) is 1. The minimum Gasteiger partial charge on any atom is -0.342 e. The first-order valence-electron chi connectivity index (χ1n) is 6.75. The van der Waals surface area contributed by atoms with Crippen LogP contribution in [0.25, 0.3) is 0 Å². The number of nitrogens with zero attached hydrogens (tertiary/aromatic N) is 2. The highest BCUT2D eigenvalue weighted by Crippen LogP contribution is 2.12. The molecule has 0 aliphatic rings. The zero-order chi connectivity index (χ0) is 16.0. The van der Waals surface area contributed by atoms with Gasteiger partial charge >= 0.3 is 0 Å². The molecule has 0 unspecified atom stereocenters. The average molecular weight is 316 g/mol. The third-order valence-electron chi connectivity index (χ3n) is 3.20. The lowest BCUT2D eigenvalue weighted by Crippen LogP contribution is -2.42. The number of benzene rings is 1. The highest BCUT2D eigenvalue weighted by atomic mass is 32.2. The third kappa shape index (κ3) is 5.09. The monoisotopic (exact) mass is 316 g/mol. The molecule has 1 aromatic carbocycles. The van der Waals surface area contributed by atoms with Crippen molar-refractivity contribution in [3.05, 3.63) is 35.6 Å². The first-order valence-corrected chi connectivity index (χ1v) is 8.60. The van der Waals surface area contributed by atoms with Gasteiger partial charge in [-0.3, -0.25) is 4.79 Å². The van der Waals surface area contributed by atoms with Crippen molar-refractivity contribution in [1.82, 2.24) is 9.21 Å². The van der Waals surface area contributed by atoms with E-state index in [4.69, 9.17) is 0 Å². The van der Waals surface area contributed by atoms with Gasteiger partial charge in [0.2, 0.25) is 15.9 Å². The van der Waals surface area contributed by atoms with Gasteiger partial charge in [0.25, 0.3) is 0 Å². The molecular formula is C14H21FN2O3S. The average Bonchev–Trinajstić information content (AvgIpc) is 2.40. The molecule has 7 heteroatoms. The van der Waals surface area contributed by atoms with Gasteiger partial charge in [-0.15, -0.1) is 0 Å². The Morgan fingerprint density at radius 2 is 1.76 bits per heavy atom. The fraction of sp³-hybridized carbons (Fsp3) is 0.500. The van der Waals surface area contributed by atoms with Gasteiger partial charge in [-0.25, -0.2) is 12.8 Å². The Balaban J connectivity index is 2.93. The van der Waals surface area contributed by atoms with E-state index in [1.807, 2.05) is 13.8 Å². The molecule has 0 saturated carbocycles. The third-order valence-corrected chi connectivity index (χ3v) is 4.40. The summed E-state index contributed by atoms with van der Waals surface area (Å²) in [6.07, 6.45) is 1.02. The predicted octanol–water partition coefficient (Wildman–Crippen LogP) is 1.46. The summed E-state index contributed by atoms with van der Waals surface area (Å²) in [5.74, 6) is -0.775. The lowest BCUT2D eigenvalue weighted by Gasteiger charge is -2.24. The second-order valence-electron chi connectivity index (χ2n) is 4.69. The lowest BCUT2D eigenvalue weighted by molar-refractivity contribution is -0.131. The number of rotatable bonds is 7. The molecule has 0 bridgehead atoms. The molecule has 0 radical (unpaired) electrons. The number of hydrogen-bond acceptors (Lipinski definition) is 3. The summed E-state index contributed by atoms with van der Waals surface area (Å²) in [5.41, 5.74) is 0.246. The SMILES string of the molecule is CCN(CC)C(=O)CN(Cc1ccccc1F)S(C)(=O)=O. The first kappa shape index (κ1) is 17.6. The number of hydrogen-bond donors (Lipinski definition) is 0. The van der Waals surface area contributed by atoms with E-state index in [0.717, 1.165) is 10.6 Å². The van der Waals surface area contributed by atoms with Crippen molar-refractivity contribution in [3.8, 4) is 0 Å². The summed E-state index contributed by atoms with van der Waals surface area (Å²) in [5, 5.41) is 0. The zero-order valence-electron chi connectivity index (χ0n) is 12.5. The molecule has 1 amide bonds. The number of carbonyl (C=O) groups excluding carboxylic acids is 1. The van der Waals surface area contributed by atoms with Crippen molar-refractivity contribution >= 4 is 15.9 Å². The summed E-state index contributed by atoms with van der Waals surface area (Å²) < 4.78 is 38.3. The predicted molar refractivity (Wildman–Crippen MR) is 79.6 cm³/mol. The van der Waals surface area contributed by atoms with Crippen molar-refractivity contribution in [2.75, 3.05) is 25.9 Å². The van der Waals surface area contributed by atoms with Crippen LogP contribution in [0.3, 0.4) is 0 Å². The molecule has 0 aromatic heterocycles. The normalized spacial score (nSPS) is 11.7. The quantitative estimate of drug-likeness (QED) is 0.765. The van der Waals surface area contributed by atoms with Crippen LogP contribution in [0.15, 0.2) is 24.3 Å². The Morgan fingerprint density at radius 3 is 2.24 bits per heavy atom. The van der Waals surface area contributed by atoms with Crippen LogP contribution in [-0.4, -0.2) is 49.4 Å². The fourth-order valence-corrected chi connectivity index (χ4v) is 2.65. The number of carbonyl (C=O) groups is 1. The molecule has 1 rings (SSSR count). The molecular weight excluding hydrogens is 295 g/mol. The van der Waals surface area contributed by atoms with Crippen molar-refractivity contribution in [2.24, 2.45) is 0 Å². The van der Waals surface area contributed by atoms with E-state index in [0.29, 0.717) is 13.1 Å². The lowest BCUT2D eigenvalue weighted by atomic mass is 10.2. The van der Waals surface area contributed by atoms with Crippen molar-refractivity contribution in [1.29, 1.82) is 0 Å². The summed E-state index contributed by atoms with van der Waals surface area (Å²) in [6.45, 7) is 4.22. The molecule has 0 heterocycles. The van der Waals surface area contributed by atoms with E-state index < -0.39 is 15.8 Å². The highest BCUT2D eigenvalue weighted by molar-refractivity contribution is 7.88. The van der Waals surface area contributed by atoms with Gasteiger partial charge in [-0.05, 0) is 19.9 Å². The van der Waals surface area contributed by atoms with Crippen LogP contribution >= 0.6 is 0 Å². The van der Waals surface area contributed by atoms with Crippen molar-refractivity contribution in [2.45, 2.75) is 20.4 Å². The maximum atomic E-state index is 13.6. The van der Waals surface area contributed by atoms with Crippen LogP contribution in [-0.2, 0) is 21.4 Å². The molecule has 0 fully saturated rings. The van der Waals surface area contributed by atoms with Crippen LogP contribution < -0.4 is 0 Å². The van der Waals surface area contributed by atoms with E-state index in [1.165, 1.54) is 18.2 Å². The van der Waals surface area contributed by atoms with E-state index in [1.54, 1.807) is 11.0 Å². The molecule has 5 nitrogen and oxygen atoms in total. The van der Waals surface area contributed by atoms with Gasteiger partial charge in [0.15, 0.2) is 0 Å². The van der Waals surface area contributed by atoms with Gasteiger partial charge < -0.3 is 4.90 Å². The molecule has 0 aliphatic heterocycles. The second kappa shape index (κ2) is 7.51. The number of sulfonamides is 1. The maximum Gasteiger partial charge on any atom is 0.237 e. The van der Waals surface area contributed by atoms with Gasteiger partial charge in [0.1, 0.15) is 5.82 Å². The Morgan fingerprint density at radius 1 is 1.19 bits per heavy atom. The standard InChI is InChI=1S/C14H21FN2O3S/c1-4-16(5-2)14(18)11-17(21(3,19)20)10-12-8-6-7-9-13(12)15/h6-9H,4-5,10-11H2,1-3H3. The second-order valence-corrected chi connectivity index (χ2v) is 6.67. The molecule has 1 aromatic rings. The minimum atomic E-state index is -3.61. The summed E-state index contributed by atoms with van der Waals surface area (Å²) in [7, 11) is -3.61. The van der Waals surface area contributed by atoms with Gasteiger partial charge in [0.05, 0.1) is 12.8 Å². The Hall–Kier alpha value is -1.47. The highest BCUT2D eigenvalue weighted by Gasteiger charge is 2.23. The minimum absolute atomic E-state index is 0.154. The van der Waals surface area contributed by atoms with Gasteiger partial charge in [0, 0.05) is 25.2 Å². The van der Waals surface area contributed by atoms with Crippen molar-refractivity contribution < 1.29 is 17.6 Å². The Bertz CT molecular complexity index is 586. The summed E-state index contributed by atoms with van der Waals surface area (Å²) in [6, 6.07) is 5.94. The summed E-state index contributed by atoms with van der Waals surface area (Å²) in [4.78, 5) is 13.6. The van der Waals surface area contributed by atoms with E-state index >= 15 is 0 Å². The van der Waals surface area contributed by atoms with Crippen LogP contribution in [0.2, 0.25) is 0 Å². The Labute approximate surface area is 125 Å². The van der Waals surface area contributed by atoms with E-state index in [2.05, 4.69) is 0 Å². The Kier molecular flexibility index (Phi) is 6.29. The number of amides is 1. The first-order chi connectivity index (χ1) is 9.79. The smallest absolute Gasteiger partial charge is 0.237 e. The zero-order valence-corrected chi connectivity index (χ0v) is 13.4. The van der Waals surface area contributed by atoms with Crippen LogP contribution in [0.1, 0.15) is 19.4 Å². The van der Waals surface area contributed by atoms with Gasteiger partial charge in [-0.2, -0.15) is 4.31 Å². The molecule has 0 atom stereocenters. The molecule has 118 valence electrons. The summed E-state index contributed by atoms with van der Waals surface area (Å²) >= 11 is 0. The van der Waals surface area contributed by atoms with Crippen molar-refractivity contribution in [3.63, 3.8) is 0 Å². The molecule has 0 spiro atoms. The van der Waals surface area contributed by atoms with Crippen LogP contribution in [0.4, 0.5) is 4.39 Å². The largest absolute Gasteiger partial charge is 0.342 e. The molecule has 0 aliphatic carbocycles. The molecule has 21 heavy (non-hydrogen) atoms. The van der Waals surface area contributed by atoms with Gasteiger partial charge in [-0.1, -0.05) is 18.2 Å². The van der Waals surface area contributed by atoms with Crippen LogP contribution in [0, 0.1) is 5.82 Å². The molecule has 0 saturated heterocycles. The fourth-order valence-electron chi connectivity index (χ4n) is 1.93. The van der Waals surface area contributed by atoms with Crippen LogP contribution in [0.5, 0.6) is 0 Å². The van der Waals surface area contributed by atoms with E-state index in [9.17, 15) is 17.6 Å². The number of halogens is 1. The maximum absolute atomic E-state index is 13.6. The topological polar surface area (TPSA) is 57.7 Å². The van der Waals surface area contributed by atoms with E-state index in [-0.39, 0.29) is 24.6 Å². The molecule has 0 N–H and O–H groups in total.